The molecule has 2 aromatic carbocycles. The first-order valence-corrected chi connectivity index (χ1v) is 6.30. The summed E-state index contributed by atoms with van der Waals surface area (Å²) in [5, 5.41) is 27.3. The largest absolute Gasteiger partial charge is 0.478 e. The Morgan fingerprint density at radius 3 is 1.43 bits per heavy atom. The molecule has 0 aromatic heterocycles. The van der Waals surface area contributed by atoms with Gasteiger partial charge in [-0.1, -0.05) is 30.3 Å². The molecule has 0 aliphatic heterocycles. The number of carbonyl (C=O) groups excluding carboxylic acids is 1. The van der Waals surface area contributed by atoms with Crippen LogP contribution >= 0.6 is 0 Å². The van der Waals surface area contributed by atoms with Gasteiger partial charge in [-0.3, -0.25) is 4.79 Å². The highest BCUT2D eigenvalue weighted by Gasteiger charge is 2.25. The van der Waals surface area contributed by atoms with E-state index >= 15 is 0 Å². The van der Waals surface area contributed by atoms with Gasteiger partial charge in [0.25, 0.3) is 0 Å². The molecule has 0 fully saturated rings. The molecule has 3 N–H and O–H groups in total. The molecular formula is C16H10O7. The Kier molecular flexibility index (Phi) is 4.22. The van der Waals surface area contributed by atoms with Crippen LogP contribution in [0.2, 0.25) is 0 Å². The summed E-state index contributed by atoms with van der Waals surface area (Å²) in [6.45, 7) is 0. The van der Waals surface area contributed by atoms with Crippen molar-refractivity contribution in [2.45, 2.75) is 0 Å². The second-order valence-corrected chi connectivity index (χ2v) is 4.55. The highest BCUT2D eigenvalue weighted by atomic mass is 16.4. The lowest BCUT2D eigenvalue weighted by Gasteiger charge is -2.09. The zero-order chi connectivity index (χ0) is 17.1. The van der Waals surface area contributed by atoms with Crippen LogP contribution in [-0.2, 0) is 0 Å². The van der Waals surface area contributed by atoms with E-state index < -0.39 is 40.4 Å². The molecule has 0 aliphatic rings. The van der Waals surface area contributed by atoms with Gasteiger partial charge in [0.1, 0.15) is 0 Å². The molecule has 0 radical (unpaired) electrons. The van der Waals surface area contributed by atoms with Gasteiger partial charge in [0.15, 0.2) is 5.78 Å². The van der Waals surface area contributed by atoms with Gasteiger partial charge >= 0.3 is 17.9 Å². The van der Waals surface area contributed by atoms with Gasteiger partial charge in [0, 0.05) is 11.1 Å². The Bertz CT molecular complexity index is 822. The summed E-state index contributed by atoms with van der Waals surface area (Å²) < 4.78 is 0. The first-order chi connectivity index (χ1) is 10.8. The van der Waals surface area contributed by atoms with Gasteiger partial charge in [-0.25, -0.2) is 14.4 Å². The van der Waals surface area contributed by atoms with E-state index in [1.165, 1.54) is 12.1 Å². The minimum Gasteiger partial charge on any atom is -0.478 e. The minimum absolute atomic E-state index is 0.161. The molecule has 0 spiro atoms. The number of carboxylic acid groups (broad SMARTS) is 3. The maximum atomic E-state index is 12.4. The summed E-state index contributed by atoms with van der Waals surface area (Å²) in [6.07, 6.45) is 0. The van der Waals surface area contributed by atoms with Crippen LogP contribution in [0.4, 0.5) is 0 Å². The van der Waals surface area contributed by atoms with Crippen molar-refractivity contribution < 1.29 is 34.5 Å². The third kappa shape index (κ3) is 3.08. The third-order valence-corrected chi connectivity index (χ3v) is 3.13. The predicted octanol–water partition coefficient (Wildman–Crippen LogP) is 2.01. The van der Waals surface area contributed by atoms with Crippen molar-refractivity contribution in [3.63, 3.8) is 0 Å². The highest BCUT2D eigenvalue weighted by Crippen LogP contribution is 2.21. The van der Waals surface area contributed by atoms with E-state index in [0.717, 1.165) is 6.07 Å². The molecule has 0 heterocycles. The van der Waals surface area contributed by atoms with Gasteiger partial charge in [-0.05, 0) is 12.1 Å². The quantitative estimate of drug-likeness (QED) is 0.720. The molecular weight excluding hydrogens is 304 g/mol. The molecule has 0 unspecified atom stereocenters. The first kappa shape index (κ1) is 15.9. The van der Waals surface area contributed by atoms with Crippen molar-refractivity contribution in [2.75, 3.05) is 0 Å². The topological polar surface area (TPSA) is 129 Å². The lowest BCUT2D eigenvalue weighted by Crippen LogP contribution is -2.16. The summed E-state index contributed by atoms with van der Waals surface area (Å²) >= 11 is 0. The number of carboxylic acids is 3. The van der Waals surface area contributed by atoms with Gasteiger partial charge in [0.2, 0.25) is 0 Å². The zero-order valence-corrected chi connectivity index (χ0v) is 11.5. The van der Waals surface area contributed by atoms with Crippen LogP contribution in [0.5, 0.6) is 0 Å². The number of benzene rings is 2. The number of rotatable bonds is 5. The van der Waals surface area contributed by atoms with Crippen LogP contribution in [0.3, 0.4) is 0 Å². The lowest BCUT2D eigenvalue weighted by atomic mass is 9.93. The molecule has 23 heavy (non-hydrogen) atoms. The lowest BCUT2D eigenvalue weighted by molar-refractivity contribution is 0.0648. The Hall–Kier alpha value is -3.48. The van der Waals surface area contributed by atoms with Crippen LogP contribution < -0.4 is 0 Å². The van der Waals surface area contributed by atoms with E-state index in [-0.39, 0.29) is 11.1 Å². The van der Waals surface area contributed by atoms with Crippen molar-refractivity contribution >= 4 is 23.7 Å². The van der Waals surface area contributed by atoms with Crippen LogP contribution in [0.25, 0.3) is 0 Å². The number of aromatic carboxylic acids is 3. The van der Waals surface area contributed by atoms with E-state index in [2.05, 4.69) is 0 Å². The van der Waals surface area contributed by atoms with Crippen molar-refractivity contribution in [2.24, 2.45) is 0 Å². The molecule has 0 amide bonds. The van der Waals surface area contributed by atoms with Crippen molar-refractivity contribution in [3.8, 4) is 0 Å². The van der Waals surface area contributed by atoms with Crippen LogP contribution in [-0.4, -0.2) is 39.0 Å². The van der Waals surface area contributed by atoms with Crippen molar-refractivity contribution in [3.05, 3.63) is 70.3 Å². The standard InChI is InChI=1S/C16H10O7/c17-13(8-4-2-1-3-5-8)9-6-11(15(20)21)12(16(22)23)7-10(9)14(18)19/h1-7H,(H,18,19)(H,20,21)(H,22,23). The average Bonchev–Trinajstić information content (AvgIpc) is 2.53. The maximum absolute atomic E-state index is 12.4. The van der Waals surface area contributed by atoms with E-state index in [1.807, 2.05) is 0 Å². The normalized spacial score (nSPS) is 10.1. The fourth-order valence-electron chi connectivity index (χ4n) is 2.06. The fourth-order valence-corrected chi connectivity index (χ4v) is 2.06. The zero-order valence-electron chi connectivity index (χ0n) is 11.5. The van der Waals surface area contributed by atoms with E-state index in [9.17, 15) is 24.3 Å². The third-order valence-electron chi connectivity index (χ3n) is 3.13. The molecule has 2 aromatic rings. The Morgan fingerprint density at radius 2 is 1.00 bits per heavy atom. The van der Waals surface area contributed by atoms with Crippen LogP contribution in [0.15, 0.2) is 42.5 Å². The summed E-state index contributed by atoms with van der Waals surface area (Å²) in [5.74, 6) is -5.39. The second kappa shape index (κ2) is 6.10. The number of ketones is 1. The Balaban J connectivity index is 2.74. The molecule has 7 nitrogen and oxygen atoms in total. The number of hydrogen-bond acceptors (Lipinski definition) is 4. The minimum atomic E-state index is -1.59. The molecule has 0 aliphatic carbocycles. The number of carbonyl (C=O) groups is 4. The summed E-state index contributed by atoms with van der Waals surface area (Å²) in [6, 6.07) is 9.15. The Labute approximate surface area is 129 Å². The van der Waals surface area contributed by atoms with Gasteiger partial charge in [0.05, 0.1) is 16.7 Å². The van der Waals surface area contributed by atoms with Gasteiger partial charge < -0.3 is 15.3 Å². The van der Waals surface area contributed by atoms with Crippen LogP contribution in [0.1, 0.15) is 47.0 Å². The molecule has 2 rings (SSSR count). The highest BCUT2D eigenvalue weighted by molar-refractivity contribution is 6.16. The SMILES string of the molecule is O=C(O)c1cc(C(=O)O)c(C(=O)c2ccccc2)cc1C(=O)O. The average molecular weight is 314 g/mol. The monoisotopic (exact) mass is 314 g/mol. The molecule has 0 saturated carbocycles. The summed E-state index contributed by atoms with van der Waals surface area (Å²) in [5.41, 5.74) is -2.14. The molecule has 0 atom stereocenters. The van der Waals surface area contributed by atoms with E-state index in [1.54, 1.807) is 18.2 Å². The van der Waals surface area contributed by atoms with Crippen molar-refractivity contribution in [1.82, 2.24) is 0 Å². The summed E-state index contributed by atoms with van der Waals surface area (Å²) in [7, 11) is 0. The van der Waals surface area contributed by atoms with Gasteiger partial charge in [-0.15, -0.1) is 0 Å². The van der Waals surface area contributed by atoms with E-state index in [4.69, 9.17) is 10.2 Å². The predicted molar refractivity (Wildman–Crippen MR) is 77.2 cm³/mol. The second-order valence-electron chi connectivity index (χ2n) is 4.55. The molecule has 7 heteroatoms. The van der Waals surface area contributed by atoms with Crippen LogP contribution in [0, 0.1) is 0 Å². The Morgan fingerprint density at radius 1 is 0.609 bits per heavy atom. The van der Waals surface area contributed by atoms with E-state index in [0.29, 0.717) is 6.07 Å². The summed E-state index contributed by atoms with van der Waals surface area (Å²) in [4.78, 5) is 46.1. The molecule has 0 bridgehead atoms. The van der Waals surface area contributed by atoms with Gasteiger partial charge in [-0.2, -0.15) is 0 Å². The molecule has 0 saturated heterocycles. The maximum Gasteiger partial charge on any atom is 0.336 e. The fraction of sp³-hybridized carbons (Fsp3) is 0. The van der Waals surface area contributed by atoms with Crippen molar-refractivity contribution in [1.29, 1.82) is 0 Å². The molecule has 116 valence electrons. The number of hydrogen-bond donors (Lipinski definition) is 3. The first-order valence-electron chi connectivity index (χ1n) is 6.30. The smallest absolute Gasteiger partial charge is 0.336 e.